The van der Waals surface area contributed by atoms with E-state index in [4.69, 9.17) is 4.74 Å². The molecule has 7 nitrogen and oxygen atoms in total. The van der Waals surface area contributed by atoms with Gasteiger partial charge in [0.2, 0.25) is 0 Å². The number of thiophene rings is 1. The summed E-state index contributed by atoms with van der Waals surface area (Å²) >= 11 is 1.10. The van der Waals surface area contributed by atoms with Crippen molar-refractivity contribution in [1.29, 1.82) is 0 Å². The van der Waals surface area contributed by atoms with Crippen LogP contribution in [0.25, 0.3) is 11.1 Å². The Labute approximate surface area is 177 Å². The van der Waals surface area contributed by atoms with Gasteiger partial charge in [0, 0.05) is 17.7 Å². The second kappa shape index (κ2) is 8.96. The van der Waals surface area contributed by atoms with E-state index in [9.17, 15) is 32.9 Å². The van der Waals surface area contributed by atoms with Crippen LogP contribution in [-0.2, 0) is 15.7 Å². The monoisotopic (exact) mass is 450 g/mol. The maximum absolute atomic E-state index is 13.2. The van der Waals surface area contributed by atoms with Crippen molar-refractivity contribution >= 4 is 34.6 Å². The fourth-order valence-electron chi connectivity index (χ4n) is 2.68. The van der Waals surface area contributed by atoms with Crippen LogP contribution in [0.15, 0.2) is 60.0 Å². The number of esters is 1. The zero-order chi connectivity index (χ0) is 22.6. The molecule has 0 saturated heterocycles. The Morgan fingerprint density at radius 2 is 1.81 bits per heavy atom. The molecule has 2 aromatic carbocycles. The van der Waals surface area contributed by atoms with Crippen molar-refractivity contribution < 1.29 is 32.4 Å². The number of hydrogen-bond acceptors (Lipinski definition) is 6. The molecule has 0 unspecified atom stereocenters. The summed E-state index contributed by atoms with van der Waals surface area (Å²) in [5, 5.41) is 14.4. The van der Waals surface area contributed by atoms with Gasteiger partial charge in [-0.1, -0.05) is 30.3 Å². The number of nitro benzene ring substituents is 1. The fraction of sp³-hybridized carbons (Fsp3) is 0.100. The predicted octanol–water partition coefficient (Wildman–Crippen LogP) is 5.14. The Bertz CT molecular complexity index is 1130. The van der Waals surface area contributed by atoms with Gasteiger partial charge in [0.25, 0.3) is 11.6 Å². The van der Waals surface area contributed by atoms with Gasteiger partial charge in [-0.05, 0) is 23.1 Å². The summed E-state index contributed by atoms with van der Waals surface area (Å²) in [6, 6.07) is 12.6. The lowest BCUT2D eigenvalue weighted by Crippen LogP contribution is -2.22. The van der Waals surface area contributed by atoms with Gasteiger partial charge in [0.15, 0.2) is 6.61 Å². The molecule has 0 spiro atoms. The molecule has 1 heterocycles. The molecule has 1 N–H and O–H groups in total. The van der Waals surface area contributed by atoms with Crippen LogP contribution < -0.4 is 5.32 Å². The van der Waals surface area contributed by atoms with Crippen molar-refractivity contribution in [3.8, 4) is 11.1 Å². The normalized spacial score (nSPS) is 11.1. The average molecular weight is 450 g/mol. The smallest absolute Gasteiger partial charge is 0.418 e. The Hall–Kier alpha value is -3.73. The van der Waals surface area contributed by atoms with E-state index in [1.807, 2.05) is 11.4 Å². The van der Waals surface area contributed by atoms with Gasteiger partial charge in [-0.25, -0.2) is 4.79 Å². The van der Waals surface area contributed by atoms with Gasteiger partial charge < -0.3 is 10.1 Å². The molecule has 0 aliphatic carbocycles. The number of ether oxygens (including phenoxy) is 1. The number of anilines is 1. The van der Waals surface area contributed by atoms with Crippen LogP contribution in [0.5, 0.6) is 0 Å². The molecule has 0 aliphatic heterocycles. The first-order chi connectivity index (χ1) is 14.7. The summed E-state index contributed by atoms with van der Waals surface area (Å²) in [6.45, 7) is -0.834. The Balaban J connectivity index is 1.70. The van der Waals surface area contributed by atoms with Crippen LogP contribution in [0.2, 0.25) is 0 Å². The lowest BCUT2D eigenvalue weighted by Gasteiger charge is -2.13. The highest BCUT2D eigenvalue weighted by atomic mass is 32.1. The molecule has 0 bridgehead atoms. The van der Waals surface area contributed by atoms with Crippen molar-refractivity contribution in [1.82, 2.24) is 0 Å². The molecule has 0 radical (unpaired) electrons. The summed E-state index contributed by atoms with van der Waals surface area (Å²) < 4.78 is 44.5. The third-order valence-corrected chi connectivity index (χ3v) is 4.96. The van der Waals surface area contributed by atoms with Crippen molar-refractivity contribution in [2.45, 2.75) is 6.18 Å². The number of carbonyl (C=O) groups is 2. The number of halogens is 3. The van der Waals surface area contributed by atoms with E-state index in [1.165, 1.54) is 0 Å². The summed E-state index contributed by atoms with van der Waals surface area (Å²) in [4.78, 5) is 34.4. The van der Waals surface area contributed by atoms with E-state index >= 15 is 0 Å². The summed E-state index contributed by atoms with van der Waals surface area (Å²) in [5.41, 5.74) is -1.47. The maximum Gasteiger partial charge on any atom is 0.418 e. The molecule has 1 amide bonds. The number of carbonyl (C=O) groups excluding carboxylic acids is 2. The number of nitrogens with zero attached hydrogens (tertiary/aromatic N) is 1. The molecule has 3 aromatic rings. The number of benzene rings is 2. The Kier molecular flexibility index (Phi) is 6.35. The topological polar surface area (TPSA) is 98.5 Å². The van der Waals surface area contributed by atoms with E-state index in [1.54, 1.807) is 35.7 Å². The Morgan fingerprint density at radius 3 is 2.45 bits per heavy atom. The van der Waals surface area contributed by atoms with Crippen LogP contribution in [0.4, 0.5) is 24.5 Å². The molecule has 11 heteroatoms. The summed E-state index contributed by atoms with van der Waals surface area (Å²) in [7, 11) is 0. The van der Waals surface area contributed by atoms with Crippen LogP contribution in [0, 0.1) is 10.1 Å². The first-order valence-corrected chi connectivity index (χ1v) is 9.50. The molecule has 0 atom stereocenters. The summed E-state index contributed by atoms with van der Waals surface area (Å²) in [6.07, 6.45) is -4.94. The number of rotatable bonds is 6. The molecule has 0 saturated carbocycles. The van der Waals surface area contributed by atoms with Gasteiger partial charge in [-0.3, -0.25) is 14.9 Å². The van der Waals surface area contributed by atoms with Crippen LogP contribution >= 0.6 is 11.3 Å². The van der Waals surface area contributed by atoms with Crippen LogP contribution in [0.3, 0.4) is 0 Å². The van der Waals surface area contributed by atoms with Crippen LogP contribution in [0.1, 0.15) is 15.2 Å². The molecular weight excluding hydrogens is 437 g/mol. The zero-order valence-corrected chi connectivity index (χ0v) is 16.3. The van der Waals surface area contributed by atoms with E-state index in [-0.39, 0.29) is 4.88 Å². The molecule has 31 heavy (non-hydrogen) atoms. The number of hydrogen-bond donors (Lipinski definition) is 1. The van der Waals surface area contributed by atoms with Crippen molar-refractivity contribution in [3.05, 3.63) is 80.5 Å². The second-order valence-electron chi connectivity index (χ2n) is 6.14. The van der Waals surface area contributed by atoms with Crippen molar-refractivity contribution in [3.63, 3.8) is 0 Å². The number of nitro groups is 1. The van der Waals surface area contributed by atoms with E-state index in [2.05, 4.69) is 0 Å². The third kappa shape index (κ3) is 5.25. The molecule has 0 fully saturated rings. The highest BCUT2D eigenvalue weighted by Crippen LogP contribution is 2.37. The summed E-state index contributed by atoms with van der Waals surface area (Å²) in [5.74, 6) is -1.82. The van der Waals surface area contributed by atoms with Gasteiger partial charge in [-0.2, -0.15) is 13.2 Å². The minimum atomic E-state index is -4.94. The van der Waals surface area contributed by atoms with E-state index < -0.39 is 46.5 Å². The van der Waals surface area contributed by atoms with Crippen molar-refractivity contribution in [2.24, 2.45) is 0 Å². The lowest BCUT2D eigenvalue weighted by molar-refractivity contribution is -0.385. The molecule has 0 aliphatic rings. The third-order valence-electron chi connectivity index (χ3n) is 4.06. The fourth-order valence-corrected chi connectivity index (χ4v) is 3.49. The molecule has 160 valence electrons. The van der Waals surface area contributed by atoms with Gasteiger partial charge in [-0.15, -0.1) is 11.3 Å². The molecule has 1 aromatic heterocycles. The van der Waals surface area contributed by atoms with Gasteiger partial charge >= 0.3 is 12.1 Å². The van der Waals surface area contributed by atoms with E-state index in [0.29, 0.717) is 11.6 Å². The zero-order valence-electron chi connectivity index (χ0n) is 15.5. The van der Waals surface area contributed by atoms with E-state index in [0.717, 1.165) is 29.0 Å². The minimum Gasteiger partial charge on any atom is -0.451 e. The van der Waals surface area contributed by atoms with Gasteiger partial charge in [0.1, 0.15) is 4.88 Å². The highest BCUT2D eigenvalue weighted by Gasteiger charge is 2.35. The quantitative estimate of drug-likeness (QED) is 0.319. The van der Waals surface area contributed by atoms with Crippen molar-refractivity contribution in [2.75, 3.05) is 11.9 Å². The highest BCUT2D eigenvalue weighted by molar-refractivity contribution is 7.12. The Morgan fingerprint density at radius 1 is 1.10 bits per heavy atom. The minimum absolute atomic E-state index is 0.241. The predicted molar refractivity (Wildman–Crippen MR) is 107 cm³/mol. The number of alkyl halides is 3. The second-order valence-corrected chi connectivity index (χ2v) is 7.05. The first kappa shape index (κ1) is 22.0. The maximum atomic E-state index is 13.2. The standard InChI is InChI=1S/C20H13F3N2O5S/c21-20(22,23)15-10-13(25(28)29)6-7-16(15)24-17(26)11-30-19(27)18-14(8-9-31-18)12-4-2-1-3-5-12/h1-10H,11H2,(H,24,26). The lowest BCUT2D eigenvalue weighted by atomic mass is 10.1. The first-order valence-electron chi connectivity index (χ1n) is 8.62. The van der Waals surface area contributed by atoms with Gasteiger partial charge in [0.05, 0.1) is 16.2 Å². The van der Waals surface area contributed by atoms with Crippen LogP contribution in [-0.4, -0.2) is 23.4 Å². The number of non-ortho nitro benzene ring substituents is 1. The average Bonchev–Trinajstić information content (AvgIpc) is 3.22. The molecular formula is C20H13F3N2O5S. The SMILES string of the molecule is O=C(COC(=O)c1sccc1-c1ccccc1)Nc1ccc([N+](=O)[O-])cc1C(F)(F)F. The largest absolute Gasteiger partial charge is 0.451 e. The number of amides is 1. The molecule has 3 rings (SSSR count). The number of nitrogens with one attached hydrogen (secondary N) is 1.